The van der Waals surface area contributed by atoms with Crippen LogP contribution in [-0.2, 0) is 16.0 Å². The van der Waals surface area contributed by atoms with E-state index in [4.69, 9.17) is 0 Å². The molecule has 0 saturated carbocycles. The molecular formula is C20H23NO3S. The Balaban J connectivity index is 1.82. The van der Waals surface area contributed by atoms with Gasteiger partial charge in [-0.2, -0.15) is 0 Å². The molecule has 0 spiro atoms. The fraction of sp³-hybridized carbons (Fsp3) is 0.300. The number of carboxylic acids is 1. The lowest BCUT2D eigenvalue weighted by Gasteiger charge is -2.12. The van der Waals surface area contributed by atoms with Crippen molar-refractivity contribution in [2.45, 2.75) is 31.9 Å². The molecule has 5 heteroatoms. The number of aryl methyl sites for hydroxylation is 3. The lowest BCUT2D eigenvalue weighted by atomic mass is 10.1. The second-order valence-electron chi connectivity index (χ2n) is 6.08. The molecule has 25 heavy (non-hydrogen) atoms. The summed E-state index contributed by atoms with van der Waals surface area (Å²) >= 11 is 1.17. The van der Waals surface area contributed by atoms with Crippen LogP contribution in [0.4, 0.5) is 5.69 Å². The van der Waals surface area contributed by atoms with Crippen LogP contribution in [0.15, 0.2) is 48.5 Å². The molecule has 2 aromatic carbocycles. The van der Waals surface area contributed by atoms with E-state index in [0.29, 0.717) is 12.8 Å². The zero-order valence-electron chi connectivity index (χ0n) is 14.5. The van der Waals surface area contributed by atoms with Gasteiger partial charge in [0.1, 0.15) is 5.25 Å². The van der Waals surface area contributed by atoms with Crippen molar-refractivity contribution in [1.82, 2.24) is 0 Å². The van der Waals surface area contributed by atoms with Gasteiger partial charge in [0, 0.05) is 5.69 Å². The maximum atomic E-state index is 12.0. The number of carboxylic acid groups (broad SMARTS) is 1. The lowest BCUT2D eigenvalue weighted by Crippen LogP contribution is -2.22. The van der Waals surface area contributed by atoms with Crippen LogP contribution in [0, 0.1) is 13.8 Å². The van der Waals surface area contributed by atoms with E-state index in [-0.39, 0.29) is 11.7 Å². The SMILES string of the molecule is Cc1ccc(CCC(SCC(=O)Nc2ccc(C)cc2)C(=O)O)cc1. The number of carbonyl (C=O) groups is 2. The molecule has 2 N–H and O–H groups in total. The highest BCUT2D eigenvalue weighted by Gasteiger charge is 2.19. The Kier molecular flexibility index (Phi) is 7.07. The monoisotopic (exact) mass is 357 g/mol. The van der Waals surface area contributed by atoms with Crippen molar-refractivity contribution in [1.29, 1.82) is 0 Å². The largest absolute Gasteiger partial charge is 0.480 e. The molecule has 4 nitrogen and oxygen atoms in total. The number of thioether (sulfide) groups is 1. The predicted octanol–water partition coefficient (Wildman–Crippen LogP) is 4.06. The Bertz CT molecular complexity index is 711. The number of nitrogens with one attached hydrogen (secondary N) is 1. The Labute approximate surface area is 152 Å². The van der Waals surface area contributed by atoms with Crippen LogP contribution < -0.4 is 5.32 Å². The molecule has 0 aliphatic heterocycles. The first kappa shape index (κ1) is 19.1. The molecule has 0 radical (unpaired) electrons. The number of hydrogen-bond donors (Lipinski definition) is 2. The maximum Gasteiger partial charge on any atom is 0.316 e. The third-order valence-electron chi connectivity index (χ3n) is 3.84. The Morgan fingerprint density at radius 1 is 1.00 bits per heavy atom. The summed E-state index contributed by atoms with van der Waals surface area (Å²) < 4.78 is 0. The number of hydrogen-bond acceptors (Lipinski definition) is 3. The quantitative estimate of drug-likeness (QED) is 0.748. The second kappa shape index (κ2) is 9.28. The van der Waals surface area contributed by atoms with Crippen LogP contribution >= 0.6 is 11.8 Å². The maximum absolute atomic E-state index is 12.0. The van der Waals surface area contributed by atoms with Crippen molar-refractivity contribution in [3.05, 3.63) is 65.2 Å². The third kappa shape index (κ3) is 6.63. The van der Waals surface area contributed by atoms with Crippen LogP contribution in [0.25, 0.3) is 0 Å². The highest BCUT2D eigenvalue weighted by Crippen LogP contribution is 2.19. The number of anilines is 1. The smallest absolute Gasteiger partial charge is 0.316 e. The van der Waals surface area contributed by atoms with Gasteiger partial charge in [-0.15, -0.1) is 11.8 Å². The number of aliphatic carboxylic acids is 1. The van der Waals surface area contributed by atoms with Gasteiger partial charge >= 0.3 is 5.97 Å². The minimum absolute atomic E-state index is 0.124. The zero-order chi connectivity index (χ0) is 18.2. The van der Waals surface area contributed by atoms with Crippen molar-refractivity contribution in [2.24, 2.45) is 0 Å². The standard InChI is InChI=1S/C20H23NO3S/c1-14-3-7-16(8-4-14)9-12-18(20(23)24)25-13-19(22)21-17-10-5-15(2)6-11-17/h3-8,10-11,18H,9,12-13H2,1-2H3,(H,21,22)(H,23,24). The van der Waals surface area contributed by atoms with Crippen LogP contribution in [0.2, 0.25) is 0 Å². The lowest BCUT2D eigenvalue weighted by molar-refractivity contribution is -0.136. The molecule has 2 rings (SSSR count). The summed E-state index contributed by atoms with van der Waals surface area (Å²) in [6.07, 6.45) is 1.19. The summed E-state index contributed by atoms with van der Waals surface area (Å²) in [5.74, 6) is -0.936. The van der Waals surface area contributed by atoms with E-state index in [1.165, 1.54) is 17.3 Å². The van der Waals surface area contributed by atoms with Gasteiger partial charge in [-0.05, 0) is 44.4 Å². The van der Waals surface area contributed by atoms with Gasteiger partial charge in [0.15, 0.2) is 0 Å². The molecule has 1 amide bonds. The Hall–Kier alpha value is -2.27. The minimum atomic E-state index is -0.875. The number of carbonyl (C=O) groups excluding carboxylic acids is 1. The fourth-order valence-electron chi connectivity index (χ4n) is 2.34. The van der Waals surface area contributed by atoms with Crippen LogP contribution in [0.1, 0.15) is 23.1 Å². The number of rotatable bonds is 8. The van der Waals surface area contributed by atoms with Gasteiger partial charge in [0.25, 0.3) is 0 Å². The molecule has 1 unspecified atom stereocenters. The van der Waals surface area contributed by atoms with Gasteiger partial charge in [-0.3, -0.25) is 9.59 Å². The van der Waals surface area contributed by atoms with Crippen molar-refractivity contribution < 1.29 is 14.7 Å². The number of amides is 1. The minimum Gasteiger partial charge on any atom is -0.480 e. The average molecular weight is 357 g/mol. The van der Waals surface area contributed by atoms with Crippen LogP contribution in [0.3, 0.4) is 0 Å². The molecule has 132 valence electrons. The summed E-state index contributed by atoms with van der Waals surface area (Å²) in [4.78, 5) is 23.4. The molecule has 0 bridgehead atoms. The fourth-order valence-corrected chi connectivity index (χ4v) is 3.19. The van der Waals surface area contributed by atoms with E-state index in [1.54, 1.807) is 0 Å². The highest BCUT2D eigenvalue weighted by atomic mass is 32.2. The highest BCUT2D eigenvalue weighted by molar-refractivity contribution is 8.01. The summed E-state index contributed by atoms with van der Waals surface area (Å²) in [6.45, 7) is 4.00. The first-order valence-electron chi connectivity index (χ1n) is 8.20. The summed E-state index contributed by atoms with van der Waals surface area (Å²) in [6, 6.07) is 15.6. The van der Waals surface area contributed by atoms with E-state index in [1.807, 2.05) is 62.4 Å². The normalized spacial score (nSPS) is 11.8. The van der Waals surface area contributed by atoms with E-state index in [0.717, 1.165) is 16.8 Å². The summed E-state index contributed by atoms with van der Waals surface area (Å²) in [5.41, 5.74) is 4.14. The van der Waals surface area contributed by atoms with Crippen molar-refractivity contribution in [3.63, 3.8) is 0 Å². The summed E-state index contributed by atoms with van der Waals surface area (Å²) in [7, 11) is 0. The average Bonchev–Trinajstić information content (AvgIpc) is 2.58. The van der Waals surface area contributed by atoms with Crippen molar-refractivity contribution in [2.75, 3.05) is 11.1 Å². The Morgan fingerprint density at radius 3 is 2.12 bits per heavy atom. The Morgan fingerprint density at radius 2 is 1.56 bits per heavy atom. The molecule has 0 aromatic heterocycles. The molecule has 0 heterocycles. The molecule has 0 fully saturated rings. The summed E-state index contributed by atoms with van der Waals surface area (Å²) in [5, 5.41) is 11.6. The second-order valence-corrected chi connectivity index (χ2v) is 7.27. The molecule has 2 aromatic rings. The van der Waals surface area contributed by atoms with Crippen molar-refractivity contribution >= 4 is 29.3 Å². The molecular weight excluding hydrogens is 334 g/mol. The van der Waals surface area contributed by atoms with E-state index < -0.39 is 11.2 Å². The first-order chi connectivity index (χ1) is 11.9. The molecule has 0 saturated heterocycles. The van der Waals surface area contributed by atoms with E-state index in [9.17, 15) is 14.7 Å². The van der Waals surface area contributed by atoms with Crippen LogP contribution in [-0.4, -0.2) is 28.0 Å². The van der Waals surface area contributed by atoms with Crippen LogP contribution in [0.5, 0.6) is 0 Å². The van der Waals surface area contributed by atoms with Gasteiger partial charge in [-0.25, -0.2) is 0 Å². The van der Waals surface area contributed by atoms with E-state index >= 15 is 0 Å². The van der Waals surface area contributed by atoms with Gasteiger partial charge in [0.2, 0.25) is 5.91 Å². The first-order valence-corrected chi connectivity index (χ1v) is 9.25. The predicted molar refractivity (Wildman–Crippen MR) is 103 cm³/mol. The zero-order valence-corrected chi connectivity index (χ0v) is 15.3. The van der Waals surface area contributed by atoms with Gasteiger partial charge < -0.3 is 10.4 Å². The van der Waals surface area contributed by atoms with Gasteiger partial charge in [0.05, 0.1) is 5.75 Å². The molecule has 1 atom stereocenters. The number of benzene rings is 2. The topological polar surface area (TPSA) is 66.4 Å². The molecule has 0 aliphatic carbocycles. The third-order valence-corrected chi connectivity index (χ3v) is 5.11. The van der Waals surface area contributed by atoms with E-state index in [2.05, 4.69) is 5.32 Å². The van der Waals surface area contributed by atoms with Crippen molar-refractivity contribution in [3.8, 4) is 0 Å². The van der Waals surface area contributed by atoms with Gasteiger partial charge in [-0.1, -0.05) is 47.5 Å². The molecule has 0 aliphatic rings.